The number of carbonyl (C=O) groups is 1. The first-order chi connectivity index (χ1) is 11.5. The molecule has 3 rings (SSSR count). The summed E-state index contributed by atoms with van der Waals surface area (Å²) in [5.41, 5.74) is 1.39. The van der Waals surface area contributed by atoms with Crippen LogP contribution < -0.4 is 0 Å². The van der Waals surface area contributed by atoms with E-state index in [1.165, 1.54) is 12.1 Å². The summed E-state index contributed by atoms with van der Waals surface area (Å²) in [4.78, 5) is 23.4. The summed E-state index contributed by atoms with van der Waals surface area (Å²) < 4.78 is 13.2. The Kier molecular flexibility index (Phi) is 5.11. The molecule has 1 atom stereocenters. The number of carbonyl (C=O) groups excluding carboxylic acids is 1. The zero-order valence-corrected chi connectivity index (χ0v) is 13.8. The number of aromatic amines is 1. The number of piperidine rings is 1. The summed E-state index contributed by atoms with van der Waals surface area (Å²) in [6.07, 6.45) is 2.00. The highest BCUT2D eigenvalue weighted by atomic mass is 19.1. The molecular formula is C17H23FN4O2. The van der Waals surface area contributed by atoms with Gasteiger partial charge in [-0.3, -0.25) is 9.69 Å². The first-order valence-electron chi connectivity index (χ1n) is 8.30. The van der Waals surface area contributed by atoms with E-state index >= 15 is 0 Å². The highest BCUT2D eigenvalue weighted by Gasteiger charge is 2.21. The number of nitrogens with zero attached hydrogens (tertiary/aromatic N) is 3. The van der Waals surface area contributed by atoms with Crippen molar-refractivity contribution in [1.82, 2.24) is 19.8 Å². The van der Waals surface area contributed by atoms with Crippen molar-refractivity contribution in [1.29, 1.82) is 0 Å². The molecule has 1 fully saturated rings. The van der Waals surface area contributed by atoms with Gasteiger partial charge in [-0.15, -0.1) is 0 Å². The van der Waals surface area contributed by atoms with Crippen LogP contribution in [-0.2, 0) is 11.2 Å². The molecule has 0 unspecified atom stereocenters. The minimum atomic E-state index is -0.326. The molecule has 2 N–H and O–H groups in total. The van der Waals surface area contributed by atoms with E-state index in [2.05, 4.69) is 9.97 Å². The largest absolute Gasteiger partial charge is 0.392 e. The molecule has 6 nitrogen and oxygen atoms in total. The van der Waals surface area contributed by atoms with E-state index in [-0.39, 0.29) is 17.8 Å². The van der Waals surface area contributed by atoms with Crippen molar-refractivity contribution in [3.63, 3.8) is 0 Å². The molecule has 0 spiro atoms. The SMILES string of the molecule is CN(CCc1nc2ccc(F)cc2[nH]1)C(=O)CN1CCC[C@H](O)C1. The summed E-state index contributed by atoms with van der Waals surface area (Å²) in [5.74, 6) is 0.476. The van der Waals surface area contributed by atoms with Gasteiger partial charge >= 0.3 is 0 Å². The van der Waals surface area contributed by atoms with Gasteiger partial charge < -0.3 is 15.0 Å². The van der Waals surface area contributed by atoms with E-state index < -0.39 is 0 Å². The second-order valence-corrected chi connectivity index (χ2v) is 6.44. The Morgan fingerprint density at radius 3 is 3.17 bits per heavy atom. The topological polar surface area (TPSA) is 72.5 Å². The van der Waals surface area contributed by atoms with Crippen molar-refractivity contribution in [2.75, 3.05) is 33.2 Å². The highest BCUT2D eigenvalue weighted by Crippen LogP contribution is 2.13. The number of hydrogen-bond acceptors (Lipinski definition) is 4. The third-order valence-electron chi connectivity index (χ3n) is 4.44. The summed E-state index contributed by atoms with van der Waals surface area (Å²) in [7, 11) is 1.77. The first-order valence-corrected chi connectivity index (χ1v) is 8.30. The minimum Gasteiger partial charge on any atom is -0.392 e. The van der Waals surface area contributed by atoms with Gasteiger partial charge in [0.2, 0.25) is 5.91 Å². The number of likely N-dealkylation sites (N-methyl/N-ethyl adjacent to an activating group) is 1. The standard InChI is InChI=1S/C17H23FN4O2/c1-21(17(24)11-22-7-2-3-13(23)10-22)8-6-16-19-14-5-4-12(18)9-15(14)20-16/h4-5,9,13,23H,2-3,6-8,10-11H2,1H3,(H,19,20)/t13-/m0/s1. The minimum absolute atomic E-state index is 0.0336. The lowest BCUT2D eigenvalue weighted by Gasteiger charge is -2.30. The molecule has 24 heavy (non-hydrogen) atoms. The molecule has 7 heteroatoms. The molecule has 2 aromatic rings. The van der Waals surface area contributed by atoms with Gasteiger partial charge in [0, 0.05) is 26.6 Å². The van der Waals surface area contributed by atoms with Crippen LogP contribution in [0, 0.1) is 5.82 Å². The third kappa shape index (κ3) is 4.10. The highest BCUT2D eigenvalue weighted by molar-refractivity contribution is 5.78. The number of benzene rings is 1. The van der Waals surface area contributed by atoms with Crippen LogP contribution in [0.5, 0.6) is 0 Å². The second-order valence-electron chi connectivity index (χ2n) is 6.44. The molecule has 0 bridgehead atoms. The smallest absolute Gasteiger partial charge is 0.236 e. The number of rotatable bonds is 5. The number of aromatic nitrogens is 2. The number of aliphatic hydroxyl groups is 1. The van der Waals surface area contributed by atoms with Crippen molar-refractivity contribution in [3.05, 3.63) is 29.8 Å². The predicted octanol–water partition coefficient (Wildman–Crippen LogP) is 1.16. The quantitative estimate of drug-likeness (QED) is 0.861. The van der Waals surface area contributed by atoms with Gasteiger partial charge in [0.1, 0.15) is 11.6 Å². The summed E-state index contributed by atoms with van der Waals surface area (Å²) in [6, 6.07) is 4.44. The number of halogens is 1. The zero-order chi connectivity index (χ0) is 17.1. The number of likely N-dealkylation sites (tertiary alicyclic amines) is 1. The van der Waals surface area contributed by atoms with E-state index in [0.717, 1.165) is 30.7 Å². The van der Waals surface area contributed by atoms with E-state index in [1.54, 1.807) is 18.0 Å². The molecule has 1 aliphatic rings. The molecule has 1 aromatic carbocycles. The number of H-pyrrole nitrogens is 1. The number of amides is 1. The molecule has 1 aliphatic heterocycles. The third-order valence-corrected chi connectivity index (χ3v) is 4.44. The Balaban J connectivity index is 1.52. The van der Waals surface area contributed by atoms with Gasteiger partial charge in [-0.25, -0.2) is 9.37 Å². The van der Waals surface area contributed by atoms with Gasteiger partial charge in [-0.05, 0) is 37.6 Å². The van der Waals surface area contributed by atoms with Crippen LogP contribution in [0.4, 0.5) is 4.39 Å². The van der Waals surface area contributed by atoms with Crippen molar-refractivity contribution in [3.8, 4) is 0 Å². The van der Waals surface area contributed by atoms with Crippen LogP contribution in [0.25, 0.3) is 11.0 Å². The molecule has 130 valence electrons. The molecule has 0 saturated carbocycles. The fourth-order valence-electron chi connectivity index (χ4n) is 3.04. The van der Waals surface area contributed by atoms with Crippen LogP contribution in [0.1, 0.15) is 18.7 Å². The van der Waals surface area contributed by atoms with Crippen molar-refractivity contribution in [2.45, 2.75) is 25.4 Å². The molecule has 1 aromatic heterocycles. The number of imidazole rings is 1. The summed E-state index contributed by atoms with van der Waals surface area (Å²) >= 11 is 0. The fraction of sp³-hybridized carbons (Fsp3) is 0.529. The molecule has 0 radical (unpaired) electrons. The second kappa shape index (κ2) is 7.27. The molecule has 2 heterocycles. The van der Waals surface area contributed by atoms with Gasteiger partial charge in [0.15, 0.2) is 0 Å². The van der Waals surface area contributed by atoms with Crippen molar-refractivity contribution < 1.29 is 14.3 Å². The maximum absolute atomic E-state index is 13.2. The summed E-state index contributed by atoms with van der Waals surface area (Å²) in [5, 5.41) is 9.67. The van der Waals surface area contributed by atoms with E-state index in [4.69, 9.17) is 0 Å². The van der Waals surface area contributed by atoms with E-state index in [0.29, 0.717) is 31.6 Å². The zero-order valence-electron chi connectivity index (χ0n) is 13.8. The van der Waals surface area contributed by atoms with Crippen LogP contribution in [0.2, 0.25) is 0 Å². The number of fused-ring (bicyclic) bond motifs is 1. The van der Waals surface area contributed by atoms with E-state index in [9.17, 15) is 14.3 Å². The maximum Gasteiger partial charge on any atom is 0.236 e. The van der Waals surface area contributed by atoms with Gasteiger partial charge in [-0.1, -0.05) is 0 Å². The maximum atomic E-state index is 13.2. The monoisotopic (exact) mass is 334 g/mol. The van der Waals surface area contributed by atoms with Crippen molar-refractivity contribution in [2.24, 2.45) is 0 Å². The fourth-order valence-corrected chi connectivity index (χ4v) is 3.04. The Morgan fingerprint density at radius 1 is 1.54 bits per heavy atom. The normalized spacial score (nSPS) is 18.9. The van der Waals surface area contributed by atoms with Crippen molar-refractivity contribution >= 4 is 16.9 Å². The van der Waals surface area contributed by atoms with Gasteiger partial charge in [0.25, 0.3) is 0 Å². The van der Waals surface area contributed by atoms with Gasteiger partial charge in [-0.2, -0.15) is 0 Å². The summed E-state index contributed by atoms with van der Waals surface area (Å²) in [6.45, 7) is 2.29. The lowest BCUT2D eigenvalue weighted by Crippen LogP contribution is -2.45. The number of aliphatic hydroxyl groups excluding tert-OH is 1. The predicted molar refractivity (Wildman–Crippen MR) is 89.1 cm³/mol. The van der Waals surface area contributed by atoms with Crippen LogP contribution >= 0.6 is 0 Å². The number of hydrogen-bond donors (Lipinski definition) is 2. The number of β-amino-alcohol motifs (C(OH)–C–C–N with tert-alkyl or cyclic N) is 1. The lowest BCUT2D eigenvalue weighted by molar-refractivity contribution is -0.131. The Hall–Kier alpha value is -1.99. The van der Waals surface area contributed by atoms with Gasteiger partial charge in [0.05, 0.1) is 23.7 Å². The molecule has 0 aliphatic carbocycles. The average Bonchev–Trinajstić information content (AvgIpc) is 2.94. The Bertz CT molecular complexity index is 718. The first kappa shape index (κ1) is 16.9. The average molecular weight is 334 g/mol. The number of nitrogens with one attached hydrogen (secondary N) is 1. The molecular weight excluding hydrogens is 311 g/mol. The van der Waals surface area contributed by atoms with E-state index in [1.807, 2.05) is 4.90 Å². The van der Waals surface area contributed by atoms with Crippen LogP contribution in [-0.4, -0.2) is 70.1 Å². The Morgan fingerprint density at radius 2 is 2.38 bits per heavy atom. The lowest BCUT2D eigenvalue weighted by atomic mass is 10.1. The molecule has 1 amide bonds. The van der Waals surface area contributed by atoms with Crippen LogP contribution in [0.15, 0.2) is 18.2 Å². The van der Waals surface area contributed by atoms with Crippen LogP contribution in [0.3, 0.4) is 0 Å². The Labute approximate surface area is 140 Å². The molecule has 1 saturated heterocycles.